The number of rotatable bonds is 4. The van der Waals surface area contributed by atoms with Gasteiger partial charge in [-0.05, 0) is 19.1 Å². The van der Waals surface area contributed by atoms with Crippen molar-refractivity contribution in [1.29, 1.82) is 0 Å². The maximum absolute atomic E-state index is 3.73. The summed E-state index contributed by atoms with van der Waals surface area (Å²) in [4.78, 5) is 0. The zero-order valence-corrected chi connectivity index (χ0v) is 6.21. The van der Waals surface area contributed by atoms with Gasteiger partial charge in [0.1, 0.15) is 0 Å². The number of allylic oxidation sites excluding steroid dienone is 1. The molecule has 0 unspecified atom stereocenters. The summed E-state index contributed by atoms with van der Waals surface area (Å²) in [7, 11) is 0. The van der Waals surface area contributed by atoms with Crippen molar-refractivity contribution in [3.63, 3.8) is 0 Å². The van der Waals surface area contributed by atoms with Gasteiger partial charge in [-0.2, -0.15) is 11.8 Å². The molecule has 0 amide bonds. The van der Waals surface area contributed by atoms with Crippen molar-refractivity contribution in [2.24, 2.45) is 0 Å². The third-order valence-corrected chi connectivity index (χ3v) is 1.33. The first-order valence-corrected chi connectivity index (χ1v) is 4.24. The molecule has 0 spiro atoms. The molecule has 1 radical (unpaired) electrons. The molecule has 0 aliphatic rings. The van der Waals surface area contributed by atoms with Gasteiger partial charge in [0.25, 0.3) is 0 Å². The molecule has 0 aromatic heterocycles. The molecule has 8 heavy (non-hydrogen) atoms. The molecule has 0 N–H and O–H groups in total. The molecule has 0 nitrogen and oxygen atoms in total. The van der Waals surface area contributed by atoms with Crippen molar-refractivity contribution < 1.29 is 0 Å². The Balaban J connectivity index is 2.83. The van der Waals surface area contributed by atoms with E-state index in [0.29, 0.717) is 0 Å². The van der Waals surface area contributed by atoms with Crippen LogP contribution in [-0.4, -0.2) is 12.0 Å². The second kappa shape index (κ2) is 7.09. The van der Waals surface area contributed by atoms with Crippen molar-refractivity contribution >= 4 is 11.8 Å². The Morgan fingerprint density at radius 3 is 2.75 bits per heavy atom. The van der Waals surface area contributed by atoms with E-state index in [4.69, 9.17) is 0 Å². The zero-order chi connectivity index (χ0) is 6.24. The first-order chi connectivity index (χ1) is 3.91. The summed E-state index contributed by atoms with van der Waals surface area (Å²) in [6, 6.07) is 0. The smallest absolute Gasteiger partial charge is 0.0110 e. The van der Waals surface area contributed by atoms with Crippen molar-refractivity contribution in [2.45, 2.75) is 12.8 Å². The molecule has 0 aliphatic heterocycles. The van der Waals surface area contributed by atoms with Crippen LogP contribution in [0.2, 0.25) is 0 Å². The maximum atomic E-state index is 3.73. The second-order valence-electron chi connectivity index (χ2n) is 1.57. The molecular weight excluding hydrogens is 116 g/mol. The summed E-state index contributed by atoms with van der Waals surface area (Å²) < 4.78 is 0. The van der Waals surface area contributed by atoms with Crippen molar-refractivity contribution in [3.8, 4) is 0 Å². The number of hydrogen-bond acceptors (Lipinski definition) is 1. The lowest BCUT2D eigenvalue weighted by molar-refractivity contribution is 1.05. The normalized spacial score (nSPS) is 10.8. The van der Waals surface area contributed by atoms with Gasteiger partial charge < -0.3 is 0 Å². The summed E-state index contributed by atoms with van der Waals surface area (Å²) in [6.07, 6.45) is 8.62. The number of hydrogen-bond donors (Lipinski definition) is 0. The van der Waals surface area contributed by atoms with Gasteiger partial charge in [0, 0.05) is 5.75 Å². The van der Waals surface area contributed by atoms with E-state index in [9.17, 15) is 0 Å². The van der Waals surface area contributed by atoms with E-state index >= 15 is 0 Å². The third-order valence-electron chi connectivity index (χ3n) is 0.800. The van der Waals surface area contributed by atoms with Crippen LogP contribution in [0.1, 0.15) is 12.8 Å². The highest BCUT2D eigenvalue weighted by Crippen LogP contribution is 1.93. The van der Waals surface area contributed by atoms with Gasteiger partial charge in [-0.25, -0.2) is 0 Å². The highest BCUT2D eigenvalue weighted by atomic mass is 32.2. The molecular formula is C7H13S. The zero-order valence-electron chi connectivity index (χ0n) is 5.39. The van der Waals surface area contributed by atoms with Crippen LogP contribution in [0.25, 0.3) is 0 Å². The topological polar surface area (TPSA) is 0 Å². The molecule has 0 heterocycles. The summed E-state index contributed by atoms with van der Waals surface area (Å²) in [5, 5.41) is 0. The molecule has 47 valence electrons. The minimum atomic E-state index is 1.02. The molecule has 0 saturated carbocycles. The van der Waals surface area contributed by atoms with Crippen LogP contribution < -0.4 is 0 Å². The lowest BCUT2D eigenvalue weighted by Crippen LogP contribution is -1.66. The average Bonchev–Trinajstić information content (AvgIpc) is 1.81. The molecule has 1 heteroatoms. The Hall–Kier alpha value is 0.0900. The van der Waals surface area contributed by atoms with E-state index in [1.165, 1.54) is 0 Å². The molecule has 0 aliphatic carbocycles. The van der Waals surface area contributed by atoms with Crippen molar-refractivity contribution in [2.75, 3.05) is 12.0 Å². The largest absolute Gasteiger partial charge is 0.161 e. The van der Waals surface area contributed by atoms with Gasteiger partial charge in [-0.15, -0.1) is 0 Å². The third kappa shape index (κ3) is 6.09. The van der Waals surface area contributed by atoms with E-state index in [2.05, 4.69) is 25.3 Å². The average molecular weight is 129 g/mol. The highest BCUT2D eigenvalue weighted by Gasteiger charge is 1.72. The fraction of sp³-hybridized carbons (Fsp3) is 0.571. The van der Waals surface area contributed by atoms with E-state index in [1.54, 1.807) is 0 Å². The number of thioether (sulfide) groups is 1. The monoisotopic (exact) mass is 129 g/mol. The van der Waals surface area contributed by atoms with Crippen molar-refractivity contribution in [1.82, 2.24) is 0 Å². The fourth-order valence-electron chi connectivity index (χ4n) is 0.400. The molecule has 0 saturated heterocycles. The molecule has 0 aromatic carbocycles. The van der Waals surface area contributed by atoms with Gasteiger partial charge in [0.2, 0.25) is 0 Å². The van der Waals surface area contributed by atoms with Crippen LogP contribution in [-0.2, 0) is 0 Å². The highest BCUT2D eigenvalue weighted by molar-refractivity contribution is 7.98. The summed E-state index contributed by atoms with van der Waals surface area (Å²) >= 11 is 1.84. The molecule has 0 fully saturated rings. The van der Waals surface area contributed by atoms with Crippen LogP contribution in [0, 0.1) is 6.92 Å². The Kier molecular flexibility index (Phi) is 7.17. The summed E-state index contributed by atoms with van der Waals surface area (Å²) in [5.74, 6) is 1.14. The predicted octanol–water partition coefficient (Wildman–Crippen LogP) is 2.52. The Labute approximate surface area is 56.4 Å². The standard InChI is InChI=1S/C7H13S/c1-3-4-5-6-7-8-2/h5-6H,1,3-4,7H2,2H3. The lowest BCUT2D eigenvalue weighted by atomic mass is 10.3. The molecule has 0 rings (SSSR count). The SMILES string of the molecule is [CH2]CCC=CCSC. The van der Waals surface area contributed by atoms with Gasteiger partial charge in [0.05, 0.1) is 0 Å². The predicted molar refractivity (Wildman–Crippen MR) is 42.1 cm³/mol. The molecule has 0 bridgehead atoms. The summed E-state index contributed by atoms with van der Waals surface area (Å²) in [6.45, 7) is 3.73. The van der Waals surface area contributed by atoms with Gasteiger partial charge in [-0.1, -0.05) is 19.1 Å². The van der Waals surface area contributed by atoms with E-state index in [0.717, 1.165) is 18.6 Å². The van der Waals surface area contributed by atoms with Crippen LogP contribution in [0.15, 0.2) is 12.2 Å². The van der Waals surface area contributed by atoms with Gasteiger partial charge >= 0.3 is 0 Å². The van der Waals surface area contributed by atoms with Gasteiger partial charge in [0.15, 0.2) is 0 Å². The van der Waals surface area contributed by atoms with Crippen LogP contribution in [0.4, 0.5) is 0 Å². The quantitative estimate of drug-likeness (QED) is 0.526. The van der Waals surface area contributed by atoms with Crippen molar-refractivity contribution in [3.05, 3.63) is 19.1 Å². The Morgan fingerprint density at radius 1 is 1.50 bits per heavy atom. The molecule has 0 atom stereocenters. The summed E-state index contributed by atoms with van der Waals surface area (Å²) in [5.41, 5.74) is 0. The lowest BCUT2D eigenvalue weighted by Gasteiger charge is -1.83. The Morgan fingerprint density at radius 2 is 2.25 bits per heavy atom. The van der Waals surface area contributed by atoms with E-state index in [1.807, 2.05) is 11.8 Å². The van der Waals surface area contributed by atoms with E-state index in [-0.39, 0.29) is 0 Å². The minimum absolute atomic E-state index is 1.02. The molecule has 0 aromatic rings. The van der Waals surface area contributed by atoms with Crippen LogP contribution in [0.5, 0.6) is 0 Å². The second-order valence-corrected chi connectivity index (χ2v) is 2.48. The Bertz CT molecular complexity index is 49.4. The van der Waals surface area contributed by atoms with Crippen LogP contribution in [0.3, 0.4) is 0 Å². The first-order valence-electron chi connectivity index (χ1n) is 2.85. The first kappa shape index (κ1) is 8.09. The van der Waals surface area contributed by atoms with Gasteiger partial charge in [-0.3, -0.25) is 0 Å². The fourth-order valence-corrected chi connectivity index (χ4v) is 0.729. The number of unbranched alkanes of at least 4 members (excludes halogenated alkanes) is 1. The van der Waals surface area contributed by atoms with Crippen LogP contribution >= 0.6 is 11.8 Å². The maximum Gasteiger partial charge on any atom is 0.0110 e. The minimum Gasteiger partial charge on any atom is -0.161 e. The van der Waals surface area contributed by atoms with E-state index < -0.39 is 0 Å².